The second-order valence-corrected chi connectivity index (χ2v) is 4.01. The Kier molecular flexibility index (Phi) is 3.93. The summed E-state index contributed by atoms with van der Waals surface area (Å²) in [5, 5.41) is 3.52. The van der Waals surface area contributed by atoms with Crippen LogP contribution in [0.5, 0.6) is 0 Å². The minimum atomic E-state index is 0.515. The topological polar surface area (TPSA) is 24.9 Å². The van der Waals surface area contributed by atoms with E-state index in [1.807, 2.05) is 18.5 Å². The number of aryl methyl sites for hydroxylation is 1. The summed E-state index contributed by atoms with van der Waals surface area (Å²) < 4.78 is 0. The molecule has 0 saturated carbocycles. The van der Waals surface area contributed by atoms with Gasteiger partial charge in [-0.1, -0.05) is 20.3 Å². The van der Waals surface area contributed by atoms with Crippen molar-refractivity contribution >= 4 is 5.69 Å². The summed E-state index contributed by atoms with van der Waals surface area (Å²) in [7, 11) is 0. The van der Waals surface area contributed by atoms with E-state index in [-0.39, 0.29) is 0 Å². The van der Waals surface area contributed by atoms with Gasteiger partial charge in [0.05, 0.1) is 0 Å². The molecule has 0 amide bonds. The highest BCUT2D eigenvalue weighted by Gasteiger charge is 2.10. The monoisotopic (exact) mass is 192 g/mol. The zero-order valence-electron chi connectivity index (χ0n) is 9.54. The van der Waals surface area contributed by atoms with Crippen LogP contribution in [0.2, 0.25) is 0 Å². The number of hydrogen-bond acceptors (Lipinski definition) is 2. The number of aromatic nitrogens is 1. The van der Waals surface area contributed by atoms with E-state index in [2.05, 4.69) is 38.0 Å². The van der Waals surface area contributed by atoms with Gasteiger partial charge in [0.1, 0.15) is 0 Å². The molecule has 0 radical (unpaired) electrons. The third-order valence-electron chi connectivity index (χ3n) is 2.90. The lowest BCUT2D eigenvalue weighted by molar-refractivity contribution is 0.494. The highest BCUT2D eigenvalue weighted by molar-refractivity contribution is 5.49. The molecule has 2 unspecified atom stereocenters. The molecule has 2 nitrogen and oxygen atoms in total. The van der Waals surface area contributed by atoms with Crippen LogP contribution in [0.1, 0.15) is 32.8 Å². The summed E-state index contributed by atoms with van der Waals surface area (Å²) in [5.74, 6) is 0.697. The van der Waals surface area contributed by atoms with Crippen molar-refractivity contribution in [3.63, 3.8) is 0 Å². The molecule has 1 aromatic rings. The summed E-state index contributed by atoms with van der Waals surface area (Å²) in [6.07, 6.45) is 4.93. The molecule has 2 atom stereocenters. The Morgan fingerprint density at radius 3 is 2.71 bits per heavy atom. The molecule has 78 valence electrons. The van der Waals surface area contributed by atoms with Crippen LogP contribution >= 0.6 is 0 Å². The summed E-state index contributed by atoms with van der Waals surface area (Å²) in [4.78, 5) is 4.08. The van der Waals surface area contributed by atoms with Gasteiger partial charge in [-0.05, 0) is 31.4 Å². The zero-order chi connectivity index (χ0) is 10.6. The second-order valence-electron chi connectivity index (χ2n) is 4.01. The first-order chi connectivity index (χ1) is 6.65. The first-order valence-corrected chi connectivity index (χ1v) is 5.32. The van der Waals surface area contributed by atoms with E-state index in [1.165, 1.54) is 17.7 Å². The Morgan fingerprint density at radius 1 is 1.43 bits per heavy atom. The van der Waals surface area contributed by atoms with Crippen LogP contribution in [0.15, 0.2) is 18.5 Å². The van der Waals surface area contributed by atoms with Crippen molar-refractivity contribution in [3.8, 4) is 0 Å². The Bertz CT molecular complexity index is 283. The molecule has 0 aromatic carbocycles. The normalized spacial score (nSPS) is 14.9. The maximum Gasteiger partial charge on any atom is 0.0402 e. The molecule has 0 saturated heterocycles. The van der Waals surface area contributed by atoms with E-state index < -0.39 is 0 Å². The number of rotatable bonds is 4. The Hall–Kier alpha value is -1.05. The van der Waals surface area contributed by atoms with Crippen LogP contribution in [-0.2, 0) is 0 Å². The molecule has 1 rings (SSSR count). The van der Waals surface area contributed by atoms with Crippen LogP contribution in [0.3, 0.4) is 0 Å². The van der Waals surface area contributed by atoms with Gasteiger partial charge in [-0.25, -0.2) is 0 Å². The number of pyridine rings is 1. The van der Waals surface area contributed by atoms with Gasteiger partial charge < -0.3 is 5.32 Å². The first kappa shape index (κ1) is 11.0. The fourth-order valence-corrected chi connectivity index (χ4v) is 1.38. The van der Waals surface area contributed by atoms with Crippen LogP contribution in [0.4, 0.5) is 5.69 Å². The van der Waals surface area contributed by atoms with E-state index in [4.69, 9.17) is 0 Å². The summed E-state index contributed by atoms with van der Waals surface area (Å²) >= 11 is 0. The number of nitrogens with one attached hydrogen (secondary N) is 1. The van der Waals surface area contributed by atoms with Gasteiger partial charge in [0.15, 0.2) is 0 Å². The summed E-state index contributed by atoms with van der Waals surface area (Å²) in [5.41, 5.74) is 2.41. The molecule has 1 aromatic heterocycles. The number of hydrogen-bond donors (Lipinski definition) is 1. The minimum Gasteiger partial charge on any atom is -0.382 e. The molecule has 0 aliphatic rings. The fourth-order valence-electron chi connectivity index (χ4n) is 1.38. The predicted molar refractivity (Wildman–Crippen MR) is 61.5 cm³/mol. The van der Waals surface area contributed by atoms with E-state index >= 15 is 0 Å². The lowest BCUT2D eigenvalue weighted by Gasteiger charge is -2.21. The van der Waals surface area contributed by atoms with Crippen LogP contribution < -0.4 is 5.32 Å². The zero-order valence-corrected chi connectivity index (χ0v) is 9.54. The minimum absolute atomic E-state index is 0.515. The van der Waals surface area contributed by atoms with Crippen molar-refractivity contribution in [2.75, 3.05) is 5.32 Å². The molecular formula is C12H20N2. The molecule has 0 spiro atoms. The van der Waals surface area contributed by atoms with Gasteiger partial charge in [0.25, 0.3) is 0 Å². The maximum atomic E-state index is 4.08. The van der Waals surface area contributed by atoms with Crippen molar-refractivity contribution in [3.05, 3.63) is 24.0 Å². The third kappa shape index (κ3) is 2.72. The van der Waals surface area contributed by atoms with E-state index in [0.717, 1.165) is 0 Å². The van der Waals surface area contributed by atoms with E-state index in [0.29, 0.717) is 12.0 Å². The fraction of sp³-hybridized carbons (Fsp3) is 0.583. The number of nitrogens with zero attached hydrogens (tertiary/aromatic N) is 1. The van der Waals surface area contributed by atoms with Crippen molar-refractivity contribution in [2.24, 2.45) is 5.92 Å². The van der Waals surface area contributed by atoms with Crippen molar-refractivity contribution < 1.29 is 0 Å². The molecule has 14 heavy (non-hydrogen) atoms. The largest absolute Gasteiger partial charge is 0.382 e. The Morgan fingerprint density at radius 2 is 2.14 bits per heavy atom. The number of anilines is 1. The molecule has 0 aliphatic carbocycles. The molecule has 0 fully saturated rings. The predicted octanol–water partition coefficient (Wildman–Crippen LogP) is 3.24. The molecule has 1 heterocycles. The lowest BCUT2D eigenvalue weighted by atomic mass is 10.0. The van der Waals surface area contributed by atoms with E-state index in [9.17, 15) is 0 Å². The van der Waals surface area contributed by atoms with Gasteiger partial charge in [-0.15, -0.1) is 0 Å². The third-order valence-corrected chi connectivity index (χ3v) is 2.90. The lowest BCUT2D eigenvalue weighted by Crippen LogP contribution is -2.23. The molecular weight excluding hydrogens is 172 g/mol. The Balaban J connectivity index is 2.64. The average molecular weight is 192 g/mol. The smallest absolute Gasteiger partial charge is 0.0402 e. The van der Waals surface area contributed by atoms with Crippen LogP contribution in [-0.4, -0.2) is 11.0 Å². The summed E-state index contributed by atoms with van der Waals surface area (Å²) in [6.45, 7) is 8.81. The van der Waals surface area contributed by atoms with Crippen LogP contribution in [0, 0.1) is 12.8 Å². The molecule has 1 N–H and O–H groups in total. The van der Waals surface area contributed by atoms with Crippen molar-refractivity contribution in [1.82, 2.24) is 4.98 Å². The highest BCUT2D eigenvalue weighted by atomic mass is 14.9. The van der Waals surface area contributed by atoms with E-state index in [1.54, 1.807) is 0 Å². The average Bonchev–Trinajstić information content (AvgIpc) is 2.20. The van der Waals surface area contributed by atoms with Gasteiger partial charge in [0.2, 0.25) is 0 Å². The molecule has 0 aliphatic heterocycles. The quantitative estimate of drug-likeness (QED) is 0.792. The first-order valence-electron chi connectivity index (χ1n) is 5.32. The van der Waals surface area contributed by atoms with Gasteiger partial charge >= 0.3 is 0 Å². The van der Waals surface area contributed by atoms with Crippen molar-refractivity contribution in [2.45, 2.75) is 40.2 Å². The summed E-state index contributed by atoms with van der Waals surface area (Å²) in [6, 6.07) is 2.55. The van der Waals surface area contributed by atoms with Gasteiger partial charge in [0, 0.05) is 24.1 Å². The standard InChI is InChI=1S/C12H20N2/c1-5-9(2)11(4)14-12-6-7-13-8-10(12)3/h6-9,11H,5H2,1-4H3,(H,13,14). The van der Waals surface area contributed by atoms with Crippen LogP contribution in [0.25, 0.3) is 0 Å². The Labute approximate surface area is 86.8 Å². The molecule has 2 heteroatoms. The van der Waals surface area contributed by atoms with Crippen molar-refractivity contribution in [1.29, 1.82) is 0 Å². The SMILES string of the molecule is CCC(C)C(C)Nc1ccncc1C. The van der Waals surface area contributed by atoms with Gasteiger partial charge in [-0.3, -0.25) is 4.98 Å². The second kappa shape index (κ2) is 4.99. The maximum absolute atomic E-state index is 4.08. The molecule has 0 bridgehead atoms. The van der Waals surface area contributed by atoms with Gasteiger partial charge in [-0.2, -0.15) is 0 Å². The highest BCUT2D eigenvalue weighted by Crippen LogP contribution is 2.17.